The zero-order chi connectivity index (χ0) is 53.5. The van der Waals surface area contributed by atoms with Gasteiger partial charge in [0.2, 0.25) is 0 Å². The second-order valence-corrected chi connectivity index (χ2v) is 23.0. The molecule has 1 fully saturated rings. The topological polar surface area (TPSA) is 210 Å². The number of carbonyl (C=O) groups excluding carboxylic acids is 2. The van der Waals surface area contributed by atoms with Gasteiger partial charge in [0.15, 0.2) is 6.10 Å². The second kappa shape index (κ2) is 48.9. The van der Waals surface area contributed by atoms with Crippen LogP contribution in [0.4, 0.5) is 0 Å². The Balaban J connectivity index is 2.31. The monoisotopic (exact) mass is 1060 g/mol. The van der Waals surface area contributed by atoms with Gasteiger partial charge in [-0.1, -0.05) is 264 Å². The molecule has 432 valence electrons. The highest BCUT2D eigenvalue weighted by atomic mass is 31.2. The summed E-state index contributed by atoms with van der Waals surface area (Å²) in [5.74, 6) is -1.12. The van der Waals surface area contributed by atoms with Gasteiger partial charge in [0.05, 0.1) is 6.61 Å². The van der Waals surface area contributed by atoms with Crippen molar-refractivity contribution in [2.75, 3.05) is 13.2 Å². The van der Waals surface area contributed by atoms with E-state index in [9.17, 15) is 44.6 Å². The summed E-state index contributed by atoms with van der Waals surface area (Å²) in [6.45, 7) is 3.36. The minimum Gasteiger partial charge on any atom is -0.462 e. The van der Waals surface area contributed by atoms with Crippen molar-refractivity contribution in [2.24, 2.45) is 0 Å². The first-order valence-corrected chi connectivity index (χ1v) is 32.0. The number of carbonyl (C=O) groups is 2. The Morgan fingerprint density at radius 1 is 0.411 bits per heavy atom. The quantitative estimate of drug-likeness (QED) is 0.0145. The van der Waals surface area contributed by atoms with Crippen LogP contribution in [0.3, 0.4) is 0 Å². The summed E-state index contributed by atoms with van der Waals surface area (Å²) in [7, 11) is -5.13. The molecule has 8 atom stereocenters. The summed E-state index contributed by atoms with van der Waals surface area (Å²) in [6, 6.07) is 0. The van der Waals surface area contributed by atoms with Gasteiger partial charge in [-0.3, -0.25) is 18.6 Å². The van der Waals surface area contributed by atoms with E-state index in [2.05, 4.69) is 26.0 Å². The number of unbranched alkanes of at least 4 members (excludes halogenated alkanes) is 39. The molecule has 1 saturated carbocycles. The molecule has 1 rings (SSSR count). The van der Waals surface area contributed by atoms with E-state index in [0.29, 0.717) is 19.3 Å². The highest BCUT2D eigenvalue weighted by Crippen LogP contribution is 2.47. The second-order valence-electron chi connectivity index (χ2n) is 21.6. The maximum Gasteiger partial charge on any atom is 0.472 e. The summed E-state index contributed by atoms with van der Waals surface area (Å²) in [6.07, 6.45) is 44.2. The van der Waals surface area contributed by atoms with Crippen molar-refractivity contribution in [3.8, 4) is 0 Å². The van der Waals surface area contributed by atoms with Crippen LogP contribution in [0.25, 0.3) is 0 Å². The van der Waals surface area contributed by atoms with E-state index in [1.54, 1.807) is 0 Å². The van der Waals surface area contributed by atoms with Crippen LogP contribution in [0.5, 0.6) is 0 Å². The third-order valence-electron chi connectivity index (χ3n) is 14.6. The number of hydrogen-bond acceptors (Lipinski definition) is 12. The van der Waals surface area contributed by atoms with Crippen molar-refractivity contribution in [3.05, 3.63) is 12.2 Å². The molecular formula is C59H113O13P. The highest BCUT2D eigenvalue weighted by Gasteiger charge is 2.51. The Bertz CT molecular complexity index is 1320. The molecule has 0 aromatic carbocycles. The summed E-state index contributed by atoms with van der Waals surface area (Å²) in [5, 5.41) is 50.4. The van der Waals surface area contributed by atoms with E-state index < -0.39 is 75.7 Å². The van der Waals surface area contributed by atoms with E-state index in [0.717, 1.165) is 32.1 Å². The van der Waals surface area contributed by atoms with Crippen LogP contribution >= 0.6 is 7.82 Å². The molecule has 0 aromatic rings. The van der Waals surface area contributed by atoms with Crippen molar-refractivity contribution >= 4 is 19.8 Å². The van der Waals surface area contributed by atoms with Crippen molar-refractivity contribution in [3.63, 3.8) is 0 Å². The fourth-order valence-electron chi connectivity index (χ4n) is 9.77. The lowest BCUT2D eigenvalue weighted by Crippen LogP contribution is -2.64. The maximum absolute atomic E-state index is 12.9. The molecule has 0 radical (unpaired) electrons. The normalized spacial score (nSPS) is 20.4. The molecule has 1 aliphatic rings. The molecule has 14 heteroatoms. The number of aliphatic hydroxyl groups excluding tert-OH is 5. The van der Waals surface area contributed by atoms with Crippen molar-refractivity contribution < 1.29 is 63.1 Å². The van der Waals surface area contributed by atoms with Crippen molar-refractivity contribution in [2.45, 2.75) is 339 Å². The first kappa shape index (κ1) is 69.6. The van der Waals surface area contributed by atoms with Gasteiger partial charge < -0.3 is 39.9 Å². The number of phosphoric acid groups is 1. The minimum atomic E-state index is -5.13. The number of esters is 2. The van der Waals surface area contributed by atoms with Gasteiger partial charge in [-0.2, -0.15) is 0 Å². The Labute approximate surface area is 445 Å². The van der Waals surface area contributed by atoms with Crippen LogP contribution in [0, 0.1) is 0 Å². The van der Waals surface area contributed by atoms with E-state index in [1.165, 1.54) is 218 Å². The fourth-order valence-corrected chi connectivity index (χ4v) is 10.7. The Kier molecular flexibility index (Phi) is 46.6. The van der Waals surface area contributed by atoms with Gasteiger partial charge in [-0.05, 0) is 32.1 Å². The molecule has 13 nitrogen and oxygen atoms in total. The van der Waals surface area contributed by atoms with Gasteiger partial charge in [-0.15, -0.1) is 0 Å². The largest absolute Gasteiger partial charge is 0.472 e. The third-order valence-corrected chi connectivity index (χ3v) is 15.6. The molecule has 73 heavy (non-hydrogen) atoms. The number of ether oxygens (including phenoxy) is 2. The molecule has 0 saturated heterocycles. The van der Waals surface area contributed by atoms with E-state index in [1.807, 2.05) is 0 Å². The standard InChI is InChI=1S/C59H113O13P/c1-3-5-7-9-11-13-15-17-19-21-23-25-26-28-30-32-34-36-38-40-42-44-46-48-53(61)71-51(50-70-73(67,68)72-59-57(65)55(63)54(62)56(64)58(59)66)49-69-52(60)47-45-43-41-39-37-35-33-31-29-27-24-22-20-18-16-14-12-10-8-6-4-2/h40,42,51,54-59,62-66H,3-39,41,43-50H2,1-2H3,(H,67,68)/b42-40+/t51-,54?,55-,56?,57?,58?,59?/m1/s1. The van der Waals surface area contributed by atoms with Gasteiger partial charge in [0.25, 0.3) is 0 Å². The predicted octanol–water partition coefficient (Wildman–Crippen LogP) is 14.5. The molecule has 0 aliphatic heterocycles. The van der Waals surface area contributed by atoms with E-state index in [-0.39, 0.29) is 12.8 Å². The van der Waals surface area contributed by atoms with Crippen LogP contribution in [0.15, 0.2) is 12.2 Å². The van der Waals surface area contributed by atoms with Crippen LogP contribution in [0.2, 0.25) is 0 Å². The molecule has 0 spiro atoms. The third kappa shape index (κ3) is 40.5. The zero-order valence-electron chi connectivity index (χ0n) is 46.7. The summed E-state index contributed by atoms with van der Waals surface area (Å²) in [5.41, 5.74) is 0. The Morgan fingerprint density at radius 2 is 0.712 bits per heavy atom. The Hall–Kier alpha value is -1.41. The maximum atomic E-state index is 12.9. The molecule has 6 unspecified atom stereocenters. The van der Waals surface area contributed by atoms with Crippen molar-refractivity contribution in [1.29, 1.82) is 0 Å². The molecule has 0 heterocycles. The summed E-state index contributed by atoms with van der Waals surface area (Å²) < 4.78 is 33.8. The molecule has 0 bridgehead atoms. The summed E-state index contributed by atoms with van der Waals surface area (Å²) >= 11 is 0. The van der Waals surface area contributed by atoms with Gasteiger partial charge in [0, 0.05) is 12.8 Å². The lowest BCUT2D eigenvalue weighted by atomic mass is 9.85. The molecule has 6 N–H and O–H groups in total. The number of phosphoric ester groups is 1. The fraction of sp³-hybridized carbons (Fsp3) is 0.932. The highest BCUT2D eigenvalue weighted by molar-refractivity contribution is 7.47. The molecule has 0 amide bonds. The first-order chi connectivity index (χ1) is 35.4. The Morgan fingerprint density at radius 3 is 1.08 bits per heavy atom. The summed E-state index contributed by atoms with van der Waals surface area (Å²) in [4.78, 5) is 36.0. The number of hydrogen-bond donors (Lipinski definition) is 6. The molecule has 0 aromatic heterocycles. The van der Waals surface area contributed by atoms with Gasteiger partial charge in [0.1, 0.15) is 43.2 Å². The van der Waals surface area contributed by atoms with E-state index >= 15 is 0 Å². The van der Waals surface area contributed by atoms with Crippen LogP contribution in [0.1, 0.15) is 296 Å². The minimum absolute atomic E-state index is 0.0548. The van der Waals surface area contributed by atoms with Crippen LogP contribution < -0.4 is 0 Å². The molecular weight excluding hydrogens is 948 g/mol. The lowest BCUT2D eigenvalue weighted by molar-refractivity contribution is -0.220. The SMILES string of the molecule is CCCCCCCCCCCCCCCCCCCC/C=C/CCCC(=O)O[C@H](COC(=O)CCCCCCCCCCCCCCCCCCCCCCC)COP(=O)(O)OC1C(O)C(O)C(O)[C@@H](O)C1O. The number of aliphatic hydroxyl groups is 5. The average molecular weight is 1060 g/mol. The lowest BCUT2D eigenvalue weighted by Gasteiger charge is -2.41. The zero-order valence-corrected chi connectivity index (χ0v) is 47.6. The van der Waals surface area contributed by atoms with Gasteiger partial charge in [-0.25, -0.2) is 4.57 Å². The van der Waals surface area contributed by atoms with E-state index in [4.69, 9.17) is 18.5 Å². The first-order valence-electron chi connectivity index (χ1n) is 30.5. The number of rotatable bonds is 53. The average Bonchev–Trinajstić information content (AvgIpc) is 3.37. The van der Waals surface area contributed by atoms with Gasteiger partial charge >= 0.3 is 19.8 Å². The smallest absolute Gasteiger partial charge is 0.462 e. The predicted molar refractivity (Wildman–Crippen MR) is 295 cm³/mol. The molecule has 1 aliphatic carbocycles. The van der Waals surface area contributed by atoms with Crippen molar-refractivity contribution in [1.82, 2.24) is 0 Å². The number of allylic oxidation sites excluding steroid dienone is 2. The van der Waals surface area contributed by atoms with Crippen LogP contribution in [-0.2, 0) is 32.7 Å². The van der Waals surface area contributed by atoms with Crippen LogP contribution in [-0.4, -0.2) is 98.3 Å².